The monoisotopic (exact) mass is 271 g/mol. The second-order valence-electron chi connectivity index (χ2n) is 6.48. The van der Waals surface area contributed by atoms with Crippen LogP contribution in [0.4, 0.5) is 0 Å². The van der Waals surface area contributed by atoms with Crippen LogP contribution in [0, 0.1) is 0 Å². The van der Waals surface area contributed by atoms with Crippen LogP contribution in [0.1, 0.15) is 44.7 Å². The molecule has 108 valence electrons. The topological polar surface area (TPSA) is 21.3 Å². The van der Waals surface area contributed by atoms with E-state index in [9.17, 15) is 0 Å². The minimum Gasteiger partial charge on any atom is -0.371 e. The van der Waals surface area contributed by atoms with E-state index in [4.69, 9.17) is 4.74 Å². The third kappa shape index (κ3) is 2.43. The van der Waals surface area contributed by atoms with E-state index >= 15 is 0 Å². The number of hydrogen-bond donors (Lipinski definition) is 1. The van der Waals surface area contributed by atoms with Gasteiger partial charge in [0.05, 0.1) is 12.2 Å². The van der Waals surface area contributed by atoms with Crippen LogP contribution in [0.2, 0.25) is 0 Å². The Morgan fingerprint density at radius 2 is 2.10 bits per heavy atom. The van der Waals surface area contributed by atoms with Crippen molar-refractivity contribution in [1.82, 2.24) is 5.32 Å². The smallest absolute Gasteiger partial charge is 0.0884 e. The summed E-state index contributed by atoms with van der Waals surface area (Å²) in [7, 11) is 0. The number of fused-ring (bicyclic) bond motifs is 2. The predicted molar refractivity (Wildman–Crippen MR) is 83.8 cm³/mol. The lowest BCUT2D eigenvalue weighted by molar-refractivity contribution is -0.0143. The lowest BCUT2D eigenvalue weighted by Gasteiger charge is -2.36. The maximum Gasteiger partial charge on any atom is 0.0884 e. The van der Waals surface area contributed by atoms with Crippen LogP contribution in [0.15, 0.2) is 29.8 Å². The first-order valence-corrected chi connectivity index (χ1v) is 7.78. The highest BCUT2D eigenvalue weighted by molar-refractivity contribution is 5.78. The summed E-state index contributed by atoms with van der Waals surface area (Å²) >= 11 is 0. The number of rotatable bonds is 4. The molecule has 0 aromatic heterocycles. The number of hydrogen-bond acceptors (Lipinski definition) is 2. The van der Waals surface area contributed by atoms with Gasteiger partial charge in [0.15, 0.2) is 0 Å². The molecule has 3 rings (SSSR count). The highest BCUT2D eigenvalue weighted by Crippen LogP contribution is 2.45. The van der Waals surface area contributed by atoms with Crippen LogP contribution in [-0.2, 0) is 11.2 Å². The summed E-state index contributed by atoms with van der Waals surface area (Å²) in [5.41, 5.74) is 5.93. The average Bonchev–Trinajstić information content (AvgIpc) is 2.79. The molecule has 1 aliphatic heterocycles. The predicted octanol–water partition coefficient (Wildman–Crippen LogP) is 3.56. The lowest BCUT2D eigenvalue weighted by atomic mass is 9.85. The SMILES string of the molecule is CC(C)NCCC1(C)OCCC2=C1Cc1ccccc12. The van der Waals surface area contributed by atoms with Gasteiger partial charge in [-0.3, -0.25) is 0 Å². The molecular formula is C18H25NO. The van der Waals surface area contributed by atoms with E-state index in [1.807, 2.05) is 0 Å². The second-order valence-corrected chi connectivity index (χ2v) is 6.48. The van der Waals surface area contributed by atoms with Gasteiger partial charge < -0.3 is 10.1 Å². The molecule has 1 aromatic rings. The zero-order valence-electron chi connectivity index (χ0n) is 12.8. The van der Waals surface area contributed by atoms with Crippen molar-refractivity contribution in [2.24, 2.45) is 0 Å². The Labute approximate surface area is 122 Å². The second kappa shape index (κ2) is 5.34. The van der Waals surface area contributed by atoms with Crippen molar-refractivity contribution in [2.45, 2.75) is 51.7 Å². The number of ether oxygens (including phenoxy) is 1. The summed E-state index contributed by atoms with van der Waals surface area (Å²) in [6, 6.07) is 9.38. The Bertz CT molecular complexity index is 532. The van der Waals surface area contributed by atoms with Crippen molar-refractivity contribution >= 4 is 5.57 Å². The fraction of sp³-hybridized carbons (Fsp3) is 0.556. The Morgan fingerprint density at radius 1 is 1.30 bits per heavy atom. The highest BCUT2D eigenvalue weighted by atomic mass is 16.5. The summed E-state index contributed by atoms with van der Waals surface area (Å²) in [5.74, 6) is 0. The molecule has 0 spiro atoms. The fourth-order valence-corrected chi connectivity index (χ4v) is 3.51. The lowest BCUT2D eigenvalue weighted by Crippen LogP contribution is -2.39. The maximum absolute atomic E-state index is 6.19. The van der Waals surface area contributed by atoms with Crippen molar-refractivity contribution < 1.29 is 4.74 Å². The first kappa shape index (κ1) is 13.8. The Hall–Kier alpha value is -1.12. The van der Waals surface area contributed by atoms with Crippen LogP contribution in [0.25, 0.3) is 5.57 Å². The van der Waals surface area contributed by atoms with E-state index in [0.29, 0.717) is 6.04 Å². The van der Waals surface area contributed by atoms with E-state index in [0.717, 1.165) is 32.4 Å². The summed E-state index contributed by atoms with van der Waals surface area (Å²) in [6.07, 6.45) is 3.20. The largest absolute Gasteiger partial charge is 0.371 e. The fourth-order valence-electron chi connectivity index (χ4n) is 3.51. The van der Waals surface area contributed by atoms with Gasteiger partial charge in [0.1, 0.15) is 0 Å². The molecule has 0 amide bonds. The molecule has 1 aromatic carbocycles. The first-order chi connectivity index (χ1) is 9.60. The molecule has 1 N–H and O–H groups in total. The Balaban J connectivity index is 1.83. The van der Waals surface area contributed by atoms with Gasteiger partial charge in [-0.05, 0) is 55.0 Å². The summed E-state index contributed by atoms with van der Waals surface area (Å²) < 4.78 is 6.19. The molecule has 2 aliphatic rings. The van der Waals surface area contributed by atoms with E-state index in [1.165, 1.54) is 16.7 Å². The molecule has 0 radical (unpaired) electrons. The van der Waals surface area contributed by atoms with Gasteiger partial charge in [0.2, 0.25) is 0 Å². The zero-order valence-corrected chi connectivity index (χ0v) is 12.8. The molecule has 1 atom stereocenters. The minimum atomic E-state index is -0.0888. The molecule has 2 heteroatoms. The first-order valence-electron chi connectivity index (χ1n) is 7.78. The third-order valence-electron chi connectivity index (χ3n) is 4.64. The minimum absolute atomic E-state index is 0.0888. The summed E-state index contributed by atoms with van der Waals surface area (Å²) in [4.78, 5) is 0. The molecule has 0 fully saturated rings. The van der Waals surface area contributed by atoms with Crippen LogP contribution < -0.4 is 5.32 Å². The molecule has 1 aliphatic carbocycles. The third-order valence-corrected chi connectivity index (χ3v) is 4.64. The van der Waals surface area contributed by atoms with Crippen LogP contribution in [0.3, 0.4) is 0 Å². The van der Waals surface area contributed by atoms with Gasteiger partial charge in [0.25, 0.3) is 0 Å². The highest BCUT2D eigenvalue weighted by Gasteiger charge is 2.38. The Morgan fingerprint density at radius 3 is 2.90 bits per heavy atom. The van der Waals surface area contributed by atoms with Gasteiger partial charge in [-0.25, -0.2) is 0 Å². The van der Waals surface area contributed by atoms with Crippen molar-refractivity contribution in [2.75, 3.05) is 13.2 Å². The summed E-state index contributed by atoms with van der Waals surface area (Å²) in [6.45, 7) is 8.53. The molecule has 0 bridgehead atoms. The van der Waals surface area contributed by atoms with Crippen LogP contribution in [-0.4, -0.2) is 24.8 Å². The van der Waals surface area contributed by atoms with Crippen LogP contribution in [0.5, 0.6) is 0 Å². The normalized spacial score (nSPS) is 25.0. The molecule has 2 nitrogen and oxygen atoms in total. The molecular weight excluding hydrogens is 246 g/mol. The number of nitrogens with one attached hydrogen (secondary N) is 1. The van der Waals surface area contributed by atoms with Crippen molar-refractivity contribution in [1.29, 1.82) is 0 Å². The standard InChI is InChI=1S/C18H25NO/c1-13(2)19-10-9-18(3)17-12-14-6-4-5-7-15(14)16(17)8-11-20-18/h4-7,13,19H,8-12H2,1-3H3. The van der Waals surface area contributed by atoms with Crippen molar-refractivity contribution in [3.05, 3.63) is 41.0 Å². The maximum atomic E-state index is 6.19. The van der Waals surface area contributed by atoms with Gasteiger partial charge in [-0.2, -0.15) is 0 Å². The van der Waals surface area contributed by atoms with E-state index < -0.39 is 0 Å². The van der Waals surface area contributed by atoms with Gasteiger partial charge in [-0.1, -0.05) is 38.1 Å². The molecule has 20 heavy (non-hydrogen) atoms. The summed E-state index contributed by atoms with van der Waals surface area (Å²) in [5, 5.41) is 3.52. The van der Waals surface area contributed by atoms with Crippen molar-refractivity contribution in [3.63, 3.8) is 0 Å². The van der Waals surface area contributed by atoms with Gasteiger partial charge in [-0.15, -0.1) is 0 Å². The zero-order chi connectivity index (χ0) is 14.2. The average molecular weight is 271 g/mol. The van der Waals surface area contributed by atoms with E-state index in [-0.39, 0.29) is 5.60 Å². The quantitative estimate of drug-likeness (QED) is 0.904. The van der Waals surface area contributed by atoms with Gasteiger partial charge in [0, 0.05) is 6.04 Å². The molecule has 1 heterocycles. The van der Waals surface area contributed by atoms with E-state index in [1.54, 1.807) is 5.57 Å². The number of benzene rings is 1. The molecule has 0 saturated heterocycles. The van der Waals surface area contributed by atoms with Gasteiger partial charge >= 0.3 is 0 Å². The molecule has 1 unspecified atom stereocenters. The van der Waals surface area contributed by atoms with E-state index in [2.05, 4.69) is 50.4 Å². The van der Waals surface area contributed by atoms with Crippen LogP contribution >= 0.6 is 0 Å². The van der Waals surface area contributed by atoms with Crippen molar-refractivity contribution in [3.8, 4) is 0 Å². The molecule has 0 saturated carbocycles. The Kier molecular flexibility index (Phi) is 3.70.